The van der Waals surface area contributed by atoms with Crippen LogP contribution in [0.1, 0.15) is 0 Å². The second-order valence-corrected chi connectivity index (χ2v) is 5.60. The van der Waals surface area contributed by atoms with E-state index in [9.17, 15) is 0 Å². The van der Waals surface area contributed by atoms with Crippen molar-refractivity contribution in [2.45, 2.75) is 0 Å². The highest BCUT2D eigenvalue weighted by Gasteiger charge is 2.09. The van der Waals surface area contributed by atoms with Gasteiger partial charge in [-0.15, -0.1) is 0 Å². The summed E-state index contributed by atoms with van der Waals surface area (Å²) in [5, 5.41) is 10.4. The molecule has 3 rings (SSSR count). The Balaban J connectivity index is 2.12. The smallest absolute Gasteiger partial charge is 0.131 e. The van der Waals surface area contributed by atoms with Crippen molar-refractivity contribution in [3.63, 3.8) is 0 Å². The first-order valence-corrected chi connectivity index (χ1v) is 6.96. The minimum atomic E-state index is 0.692. The number of nitrogens with one attached hydrogen (secondary N) is 1. The first-order valence-electron chi connectivity index (χ1n) is 5.38. The average Bonchev–Trinajstić information content (AvgIpc) is 2.92. The number of rotatable bonds is 2. The van der Waals surface area contributed by atoms with E-state index in [1.807, 2.05) is 24.3 Å². The van der Waals surface area contributed by atoms with Crippen LogP contribution in [0.15, 0.2) is 45.6 Å². The van der Waals surface area contributed by atoms with Crippen molar-refractivity contribution in [3.8, 4) is 22.8 Å². The van der Waals surface area contributed by atoms with Crippen LogP contribution in [0.2, 0.25) is 0 Å². The Morgan fingerprint density at radius 3 is 2.32 bits per heavy atom. The van der Waals surface area contributed by atoms with Gasteiger partial charge in [0, 0.05) is 15.1 Å². The number of aromatic amines is 1. The van der Waals surface area contributed by atoms with Crippen molar-refractivity contribution in [1.82, 2.24) is 25.4 Å². The van der Waals surface area contributed by atoms with E-state index in [2.05, 4.69) is 57.2 Å². The van der Waals surface area contributed by atoms with Crippen LogP contribution in [-0.4, -0.2) is 25.4 Å². The van der Waals surface area contributed by atoms with Crippen LogP contribution < -0.4 is 0 Å². The molecular formula is C12H7Br2N5. The quantitative estimate of drug-likeness (QED) is 0.739. The molecule has 5 nitrogen and oxygen atoms in total. The van der Waals surface area contributed by atoms with Crippen LogP contribution >= 0.6 is 31.9 Å². The van der Waals surface area contributed by atoms with Crippen molar-refractivity contribution in [1.29, 1.82) is 0 Å². The predicted octanol–water partition coefficient (Wildman–Crippen LogP) is 3.45. The second kappa shape index (κ2) is 5.18. The Kier molecular flexibility index (Phi) is 3.39. The summed E-state index contributed by atoms with van der Waals surface area (Å²) in [6, 6.07) is 7.60. The molecular weight excluding hydrogens is 374 g/mol. The monoisotopic (exact) mass is 379 g/mol. The van der Waals surface area contributed by atoms with Gasteiger partial charge in [0.15, 0.2) is 0 Å². The molecule has 1 N–H and O–H groups in total. The van der Waals surface area contributed by atoms with E-state index in [0.29, 0.717) is 5.69 Å². The van der Waals surface area contributed by atoms with Crippen molar-refractivity contribution >= 4 is 31.9 Å². The molecule has 0 aromatic carbocycles. The Labute approximate surface area is 125 Å². The molecule has 0 saturated heterocycles. The van der Waals surface area contributed by atoms with Gasteiger partial charge in [-0.2, -0.15) is 15.4 Å². The normalized spacial score (nSPS) is 10.6. The van der Waals surface area contributed by atoms with E-state index in [4.69, 9.17) is 0 Å². The number of pyridine rings is 2. The zero-order valence-electron chi connectivity index (χ0n) is 9.51. The molecule has 7 heteroatoms. The van der Waals surface area contributed by atoms with Gasteiger partial charge in [0.05, 0.1) is 23.3 Å². The fourth-order valence-corrected chi connectivity index (χ4v) is 2.40. The molecule has 0 radical (unpaired) electrons. The lowest BCUT2D eigenvalue weighted by molar-refractivity contribution is 0.940. The molecule has 0 aliphatic rings. The maximum atomic E-state index is 4.55. The number of halogens is 2. The highest BCUT2D eigenvalue weighted by molar-refractivity contribution is 9.10. The van der Waals surface area contributed by atoms with Crippen LogP contribution in [0, 0.1) is 0 Å². The summed E-state index contributed by atoms with van der Waals surface area (Å²) in [4.78, 5) is 8.87. The summed E-state index contributed by atoms with van der Waals surface area (Å²) in [6.45, 7) is 0. The third kappa shape index (κ3) is 2.71. The third-order valence-electron chi connectivity index (χ3n) is 2.45. The molecule has 0 bridgehead atoms. The van der Waals surface area contributed by atoms with Crippen molar-refractivity contribution in [2.24, 2.45) is 0 Å². The van der Waals surface area contributed by atoms with Gasteiger partial charge >= 0.3 is 0 Å². The maximum absolute atomic E-state index is 4.55. The highest BCUT2D eigenvalue weighted by atomic mass is 79.9. The van der Waals surface area contributed by atoms with E-state index < -0.39 is 0 Å². The zero-order chi connectivity index (χ0) is 13.2. The number of hydrogen-bond acceptors (Lipinski definition) is 4. The van der Waals surface area contributed by atoms with Crippen LogP contribution in [0.4, 0.5) is 0 Å². The summed E-state index contributed by atoms with van der Waals surface area (Å²) >= 11 is 6.90. The lowest BCUT2D eigenvalue weighted by atomic mass is 10.2. The molecule has 0 atom stereocenters. The topological polar surface area (TPSA) is 67.3 Å². The SMILES string of the molecule is Brc1ccnc(-c2cc(Br)cc(-c3cn[nH]n3)n2)c1. The molecule has 94 valence electrons. The van der Waals surface area contributed by atoms with Gasteiger partial charge in [0.25, 0.3) is 0 Å². The first-order chi connectivity index (χ1) is 9.22. The third-order valence-corrected chi connectivity index (χ3v) is 3.40. The standard InChI is InChI=1S/C12H7Br2N5/c13-7-1-2-15-9(3-7)10-4-8(14)5-11(17-10)12-6-16-19-18-12/h1-6H,(H,16,18,19). The van der Waals surface area contributed by atoms with Crippen molar-refractivity contribution < 1.29 is 0 Å². The maximum Gasteiger partial charge on any atom is 0.131 e. The minimum Gasteiger partial charge on any atom is -0.255 e. The molecule has 0 amide bonds. The van der Waals surface area contributed by atoms with Crippen molar-refractivity contribution in [3.05, 3.63) is 45.6 Å². The van der Waals surface area contributed by atoms with Gasteiger partial charge < -0.3 is 0 Å². The predicted molar refractivity (Wildman–Crippen MR) is 78.2 cm³/mol. The largest absolute Gasteiger partial charge is 0.255 e. The Hall–Kier alpha value is -1.60. The molecule has 0 fully saturated rings. The summed E-state index contributed by atoms with van der Waals surface area (Å²) in [5.41, 5.74) is 2.99. The molecule has 0 aliphatic heterocycles. The number of aromatic nitrogens is 5. The van der Waals surface area contributed by atoms with E-state index in [-0.39, 0.29) is 0 Å². The summed E-state index contributed by atoms with van der Waals surface area (Å²) in [7, 11) is 0. The molecule has 0 unspecified atom stereocenters. The summed E-state index contributed by atoms with van der Waals surface area (Å²) in [6.07, 6.45) is 3.37. The van der Waals surface area contributed by atoms with E-state index in [1.165, 1.54) is 0 Å². The molecule has 3 heterocycles. The fourth-order valence-electron chi connectivity index (χ4n) is 1.63. The fraction of sp³-hybridized carbons (Fsp3) is 0. The van der Waals surface area contributed by atoms with Gasteiger partial charge in [-0.05, 0) is 24.3 Å². The zero-order valence-corrected chi connectivity index (χ0v) is 12.7. The average molecular weight is 381 g/mol. The number of nitrogens with zero attached hydrogens (tertiary/aromatic N) is 4. The minimum absolute atomic E-state index is 0.692. The van der Waals surface area contributed by atoms with Gasteiger partial charge in [-0.1, -0.05) is 31.9 Å². The first kappa shape index (κ1) is 12.4. The lowest BCUT2D eigenvalue weighted by Gasteiger charge is -2.04. The Morgan fingerprint density at radius 2 is 1.63 bits per heavy atom. The Bertz CT molecular complexity index is 712. The van der Waals surface area contributed by atoms with Gasteiger partial charge in [0.1, 0.15) is 5.69 Å². The van der Waals surface area contributed by atoms with E-state index in [0.717, 1.165) is 26.0 Å². The Morgan fingerprint density at radius 1 is 0.895 bits per heavy atom. The van der Waals surface area contributed by atoms with E-state index >= 15 is 0 Å². The highest BCUT2D eigenvalue weighted by Crippen LogP contribution is 2.26. The molecule has 3 aromatic heterocycles. The number of H-pyrrole nitrogens is 1. The van der Waals surface area contributed by atoms with Crippen LogP contribution in [-0.2, 0) is 0 Å². The van der Waals surface area contributed by atoms with Crippen LogP contribution in [0.25, 0.3) is 22.8 Å². The van der Waals surface area contributed by atoms with Crippen LogP contribution in [0.3, 0.4) is 0 Å². The molecule has 3 aromatic rings. The van der Waals surface area contributed by atoms with Crippen LogP contribution in [0.5, 0.6) is 0 Å². The molecule has 19 heavy (non-hydrogen) atoms. The van der Waals surface area contributed by atoms with Crippen molar-refractivity contribution in [2.75, 3.05) is 0 Å². The second-order valence-electron chi connectivity index (χ2n) is 3.77. The van der Waals surface area contributed by atoms with Gasteiger partial charge in [0.2, 0.25) is 0 Å². The molecule has 0 saturated carbocycles. The molecule has 0 spiro atoms. The summed E-state index contributed by atoms with van der Waals surface area (Å²) < 4.78 is 1.87. The van der Waals surface area contributed by atoms with E-state index in [1.54, 1.807) is 12.4 Å². The van der Waals surface area contributed by atoms with Gasteiger partial charge in [-0.25, -0.2) is 4.98 Å². The lowest BCUT2D eigenvalue weighted by Crippen LogP contribution is -1.91. The summed E-state index contributed by atoms with van der Waals surface area (Å²) in [5.74, 6) is 0. The molecule has 0 aliphatic carbocycles. The van der Waals surface area contributed by atoms with Gasteiger partial charge in [-0.3, -0.25) is 4.98 Å². The number of hydrogen-bond donors (Lipinski definition) is 1.